The van der Waals surface area contributed by atoms with Crippen molar-refractivity contribution in [2.24, 2.45) is 0 Å². The third kappa shape index (κ3) is 2.99. The molecule has 2 heterocycles. The van der Waals surface area contributed by atoms with Crippen molar-refractivity contribution in [2.45, 2.75) is 18.8 Å². The summed E-state index contributed by atoms with van der Waals surface area (Å²) in [6, 6.07) is 9.20. The van der Waals surface area contributed by atoms with Crippen molar-refractivity contribution in [3.63, 3.8) is 0 Å². The van der Waals surface area contributed by atoms with E-state index in [4.69, 9.17) is 4.74 Å². The van der Waals surface area contributed by atoms with Crippen LogP contribution in [0.25, 0.3) is 0 Å². The Bertz CT molecular complexity index is 549. The lowest BCUT2D eigenvalue weighted by atomic mass is 9.98. The monoisotopic (exact) mass is 288 g/mol. The van der Waals surface area contributed by atoms with Crippen molar-refractivity contribution in [1.82, 2.24) is 9.88 Å². The normalized spacial score (nSPS) is 16.1. The predicted octanol–water partition coefficient (Wildman–Crippen LogP) is 3.52. The largest absolute Gasteiger partial charge is 0.415 e. The molecule has 0 aliphatic carbocycles. The van der Waals surface area contributed by atoms with Crippen LogP contribution in [-0.2, 0) is 0 Å². The highest BCUT2D eigenvalue weighted by Crippen LogP contribution is 2.29. The number of thiazole rings is 1. The van der Waals surface area contributed by atoms with Crippen LogP contribution in [-0.4, -0.2) is 29.1 Å². The van der Waals surface area contributed by atoms with Crippen LogP contribution in [0.4, 0.5) is 4.79 Å². The van der Waals surface area contributed by atoms with E-state index in [9.17, 15) is 4.79 Å². The second kappa shape index (κ2) is 6.05. The third-order valence-electron chi connectivity index (χ3n) is 3.50. The van der Waals surface area contributed by atoms with Crippen LogP contribution in [0.1, 0.15) is 23.8 Å². The highest BCUT2D eigenvalue weighted by atomic mass is 32.1. The molecule has 0 unspecified atom stereocenters. The first-order chi connectivity index (χ1) is 9.83. The van der Waals surface area contributed by atoms with Crippen LogP contribution in [0.2, 0.25) is 0 Å². The fraction of sp³-hybridized carbons (Fsp3) is 0.333. The fourth-order valence-corrected chi connectivity index (χ4v) is 3.21. The van der Waals surface area contributed by atoms with Gasteiger partial charge in [0.25, 0.3) is 0 Å². The van der Waals surface area contributed by atoms with E-state index in [0.717, 1.165) is 25.9 Å². The van der Waals surface area contributed by atoms with Gasteiger partial charge >= 0.3 is 6.09 Å². The van der Waals surface area contributed by atoms with Crippen LogP contribution in [0, 0.1) is 0 Å². The van der Waals surface area contributed by atoms with Gasteiger partial charge in [0.15, 0.2) is 0 Å². The Kier molecular flexibility index (Phi) is 3.97. The number of nitrogens with zero attached hydrogens (tertiary/aromatic N) is 2. The molecule has 1 aromatic heterocycles. The van der Waals surface area contributed by atoms with Crippen molar-refractivity contribution < 1.29 is 9.53 Å². The van der Waals surface area contributed by atoms with E-state index in [0.29, 0.717) is 11.7 Å². The van der Waals surface area contributed by atoms with Gasteiger partial charge in [-0.25, -0.2) is 9.78 Å². The number of aromatic nitrogens is 1. The van der Waals surface area contributed by atoms with Gasteiger partial charge in [-0.05, 0) is 25.0 Å². The molecule has 0 spiro atoms. The maximum absolute atomic E-state index is 12.1. The number of carbonyl (C=O) groups excluding carboxylic acids is 1. The summed E-state index contributed by atoms with van der Waals surface area (Å²) in [5.74, 6) is 1.08. The van der Waals surface area contributed by atoms with Gasteiger partial charge in [0.05, 0.1) is 5.01 Å². The second-order valence-electron chi connectivity index (χ2n) is 4.81. The van der Waals surface area contributed by atoms with E-state index >= 15 is 0 Å². The summed E-state index contributed by atoms with van der Waals surface area (Å²) in [5.41, 5.74) is 0. The minimum Gasteiger partial charge on any atom is -0.410 e. The maximum atomic E-state index is 12.1. The number of benzene rings is 1. The third-order valence-corrected chi connectivity index (χ3v) is 4.44. The maximum Gasteiger partial charge on any atom is 0.415 e. The van der Waals surface area contributed by atoms with E-state index in [1.165, 1.54) is 5.01 Å². The minimum absolute atomic E-state index is 0.256. The lowest BCUT2D eigenvalue weighted by Crippen LogP contribution is -2.39. The Balaban J connectivity index is 1.54. The number of piperidine rings is 1. The number of rotatable bonds is 2. The first-order valence-corrected chi connectivity index (χ1v) is 7.62. The molecule has 1 saturated heterocycles. The van der Waals surface area contributed by atoms with Crippen LogP contribution < -0.4 is 4.74 Å². The Hall–Kier alpha value is -1.88. The van der Waals surface area contributed by atoms with E-state index < -0.39 is 0 Å². The first-order valence-electron chi connectivity index (χ1n) is 6.74. The summed E-state index contributed by atoms with van der Waals surface area (Å²) >= 11 is 1.70. The molecule has 0 saturated carbocycles. The summed E-state index contributed by atoms with van der Waals surface area (Å²) in [6.45, 7) is 1.46. The number of hydrogen-bond donors (Lipinski definition) is 0. The van der Waals surface area contributed by atoms with Crippen molar-refractivity contribution in [2.75, 3.05) is 13.1 Å². The van der Waals surface area contributed by atoms with Gasteiger partial charge in [-0.3, -0.25) is 0 Å². The molecule has 1 amide bonds. The van der Waals surface area contributed by atoms with E-state index in [2.05, 4.69) is 4.98 Å². The molecule has 3 rings (SSSR count). The Labute approximate surface area is 122 Å². The minimum atomic E-state index is -0.256. The number of hydrogen-bond acceptors (Lipinski definition) is 4. The quantitative estimate of drug-likeness (QED) is 0.849. The van der Waals surface area contributed by atoms with Gasteiger partial charge in [-0.1, -0.05) is 18.2 Å². The Morgan fingerprint density at radius 1 is 1.25 bits per heavy atom. The van der Waals surface area contributed by atoms with Crippen molar-refractivity contribution in [3.05, 3.63) is 46.9 Å². The van der Waals surface area contributed by atoms with E-state index in [1.54, 1.807) is 28.4 Å². The molecule has 1 aliphatic rings. The SMILES string of the molecule is O=C(Oc1ccccc1)N1CCC(c2nccs2)CC1. The predicted molar refractivity (Wildman–Crippen MR) is 78.1 cm³/mol. The number of likely N-dealkylation sites (tertiary alicyclic amines) is 1. The molecule has 4 nitrogen and oxygen atoms in total. The zero-order chi connectivity index (χ0) is 13.8. The smallest absolute Gasteiger partial charge is 0.410 e. The van der Waals surface area contributed by atoms with Gasteiger partial charge in [0.1, 0.15) is 5.75 Å². The molecular formula is C15H16N2O2S. The van der Waals surface area contributed by atoms with Gasteiger partial charge in [0.2, 0.25) is 0 Å². The summed E-state index contributed by atoms with van der Waals surface area (Å²) in [4.78, 5) is 18.2. The summed E-state index contributed by atoms with van der Waals surface area (Å²) < 4.78 is 5.35. The molecule has 0 N–H and O–H groups in total. The molecule has 20 heavy (non-hydrogen) atoms. The van der Waals surface area contributed by atoms with Crippen LogP contribution in [0.5, 0.6) is 5.75 Å². The average molecular weight is 288 g/mol. The number of ether oxygens (including phenoxy) is 1. The standard InChI is InChI=1S/C15H16N2O2S/c18-15(19-13-4-2-1-3-5-13)17-9-6-12(7-10-17)14-16-8-11-20-14/h1-5,8,11-12H,6-7,9-10H2. The summed E-state index contributed by atoms with van der Waals surface area (Å²) in [7, 11) is 0. The molecule has 5 heteroatoms. The summed E-state index contributed by atoms with van der Waals surface area (Å²) in [5, 5.41) is 3.19. The highest BCUT2D eigenvalue weighted by Gasteiger charge is 2.26. The summed E-state index contributed by atoms with van der Waals surface area (Å²) in [6.07, 6.45) is 3.50. The Morgan fingerprint density at radius 2 is 2.00 bits per heavy atom. The number of carbonyl (C=O) groups is 1. The molecule has 1 fully saturated rings. The van der Waals surface area contributed by atoms with Crippen LogP contribution >= 0.6 is 11.3 Å². The molecule has 1 aliphatic heterocycles. The first kappa shape index (κ1) is 13.1. The Morgan fingerprint density at radius 3 is 2.65 bits per heavy atom. The number of amides is 1. The molecule has 2 aromatic rings. The van der Waals surface area contributed by atoms with Gasteiger partial charge in [0, 0.05) is 30.6 Å². The highest BCUT2D eigenvalue weighted by molar-refractivity contribution is 7.09. The molecule has 0 bridgehead atoms. The van der Waals surface area contributed by atoms with E-state index in [1.807, 2.05) is 29.8 Å². The van der Waals surface area contributed by atoms with Crippen molar-refractivity contribution >= 4 is 17.4 Å². The molecular weight excluding hydrogens is 272 g/mol. The van der Waals surface area contributed by atoms with Crippen LogP contribution in [0.15, 0.2) is 41.9 Å². The zero-order valence-electron chi connectivity index (χ0n) is 11.1. The fourth-order valence-electron chi connectivity index (χ4n) is 2.40. The zero-order valence-corrected chi connectivity index (χ0v) is 11.9. The topological polar surface area (TPSA) is 42.4 Å². The second-order valence-corrected chi connectivity index (χ2v) is 5.74. The number of para-hydroxylation sites is 1. The van der Waals surface area contributed by atoms with Gasteiger partial charge < -0.3 is 9.64 Å². The molecule has 0 radical (unpaired) electrons. The molecule has 0 atom stereocenters. The lowest BCUT2D eigenvalue weighted by Gasteiger charge is -2.30. The van der Waals surface area contributed by atoms with Gasteiger partial charge in [-0.2, -0.15) is 0 Å². The van der Waals surface area contributed by atoms with Crippen molar-refractivity contribution in [1.29, 1.82) is 0 Å². The van der Waals surface area contributed by atoms with Gasteiger partial charge in [-0.15, -0.1) is 11.3 Å². The average Bonchev–Trinajstić information content (AvgIpc) is 3.03. The van der Waals surface area contributed by atoms with Crippen LogP contribution in [0.3, 0.4) is 0 Å². The lowest BCUT2D eigenvalue weighted by molar-refractivity contribution is 0.138. The molecule has 1 aromatic carbocycles. The van der Waals surface area contributed by atoms with E-state index in [-0.39, 0.29) is 6.09 Å². The van der Waals surface area contributed by atoms with Crippen molar-refractivity contribution in [3.8, 4) is 5.75 Å². The molecule has 104 valence electrons.